The van der Waals surface area contributed by atoms with E-state index >= 15 is 0 Å². The van der Waals surface area contributed by atoms with Gasteiger partial charge in [-0.1, -0.05) is 18.2 Å². The minimum atomic E-state index is -0.452. The molecule has 8 heteroatoms. The maximum absolute atomic E-state index is 11.8. The molecule has 8 nitrogen and oxygen atoms in total. The van der Waals surface area contributed by atoms with E-state index in [1.807, 2.05) is 30.3 Å². The highest BCUT2D eigenvalue weighted by molar-refractivity contribution is 5.94. The molecule has 0 spiro atoms. The molecule has 0 saturated carbocycles. The van der Waals surface area contributed by atoms with Gasteiger partial charge >= 0.3 is 5.97 Å². The summed E-state index contributed by atoms with van der Waals surface area (Å²) < 4.78 is 4.77. The molecule has 1 N–H and O–H groups in total. The predicted octanol–water partition coefficient (Wildman–Crippen LogP) is 4.74. The van der Waals surface area contributed by atoms with Crippen LogP contribution in [0.15, 0.2) is 72.8 Å². The SMILES string of the molecule is COC(=O)c1cccc(Nc2nc(-c3ccc([N+](=O)[O-])cc3)nc3ccccc23)c1. The Morgan fingerprint density at radius 2 is 1.77 bits per heavy atom. The number of nitrogens with one attached hydrogen (secondary N) is 1. The number of aromatic nitrogens is 2. The highest BCUT2D eigenvalue weighted by Crippen LogP contribution is 2.28. The largest absolute Gasteiger partial charge is 0.465 e. The number of ether oxygens (including phenoxy) is 1. The number of hydrogen-bond acceptors (Lipinski definition) is 7. The molecule has 1 aromatic heterocycles. The molecular formula is C22H16N4O4. The van der Waals surface area contributed by atoms with Crippen molar-refractivity contribution in [1.29, 1.82) is 0 Å². The van der Waals surface area contributed by atoms with Gasteiger partial charge in [-0.25, -0.2) is 14.8 Å². The fourth-order valence-electron chi connectivity index (χ4n) is 3.01. The van der Waals surface area contributed by atoms with Gasteiger partial charge in [-0.2, -0.15) is 0 Å². The summed E-state index contributed by atoms with van der Waals surface area (Å²) in [6.07, 6.45) is 0. The van der Waals surface area contributed by atoms with Crippen LogP contribution in [0.2, 0.25) is 0 Å². The highest BCUT2D eigenvalue weighted by atomic mass is 16.6. The second-order valence-corrected chi connectivity index (χ2v) is 6.41. The third-order valence-electron chi connectivity index (χ3n) is 4.49. The fraction of sp³-hybridized carbons (Fsp3) is 0.0455. The van der Waals surface area contributed by atoms with Gasteiger partial charge in [0.25, 0.3) is 5.69 Å². The minimum Gasteiger partial charge on any atom is -0.465 e. The smallest absolute Gasteiger partial charge is 0.337 e. The number of nitro benzene ring substituents is 1. The van der Waals surface area contributed by atoms with E-state index in [2.05, 4.69) is 15.3 Å². The molecule has 0 amide bonds. The Kier molecular flexibility index (Phi) is 5.04. The van der Waals surface area contributed by atoms with E-state index in [1.165, 1.54) is 19.2 Å². The monoisotopic (exact) mass is 400 g/mol. The highest BCUT2D eigenvalue weighted by Gasteiger charge is 2.12. The van der Waals surface area contributed by atoms with E-state index in [0.29, 0.717) is 34.0 Å². The standard InChI is InChI=1S/C22H16N4O4/c1-30-22(27)15-5-4-6-16(13-15)23-21-18-7-2-3-8-19(18)24-20(25-21)14-9-11-17(12-10-14)26(28)29/h2-13H,1H3,(H,23,24,25). The Labute approximate surface area is 171 Å². The summed E-state index contributed by atoms with van der Waals surface area (Å²) in [7, 11) is 1.33. The Bertz CT molecular complexity index is 1260. The number of methoxy groups -OCH3 is 1. The van der Waals surface area contributed by atoms with Gasteiger partial charge < -0.3 is 10.1 Å². The number of carbonyl (C=O) groups is 1. The maximum atomic E-state index is 11.8. The second kappa shape index (κ2) is 7.96. The van der Waals surface area contributed by atoms with Crippen molar-refractivity contribution in [3.05, 3.63) is 88.5 Å². The van der Waals surface area contributed by atoms with Crippen molar-refractivity contribution >= 4 is 34.1 Å². The average molecular weight is 400 g/mol. The zero-order valence-corrected chi connectivity index (χ0v) is 15.9. The van der Waals surface area contributed by atoms with Crippen molar-refractivity contribution in [2.75, 3.05) is 12.4 Å². The number of para-hydroxylation sites is 1. The van der Waals surface area contributed by atoms with Crippen LogP contribution in [0, 0.1) is 10.1 Å². The number of anilines is 2. The van der Waals surface area contributed by atoms with Crippen LogP contribution >= 0.6 is 0 Å². The van der Waals surface area contributed by atoms with E-state index in [1.54, 1.807) is 30.3 Å². The molecule has 3 aromatic carbocycles. The van der Waals surface area contributed by atoms with Gasteiger partial charge in [0.2, 0.25) is 0 Å². The van der Waals surface area contributed by atoms with E-state index in [-0.39, 0.29) is 5.69 Å². The average Bonchev–Trinajstić information content (AvgIpc) is 2.78. The van der Waals surface area contributed by atoms with Crippen molar-refractivity contribution in [3.63, 3.8) is 0 Å². The molecule has 1 heterocycles. The molecule has 0 radical (unpaired) electrons. The zero-order valence-electron chi connectivity index (χ0n) is 15.9. The predicted molar refractivity (Wildman–Crippen MR) is 113 cm³/mol. The molecule has 0 aliphatic heterocycles. The van der Waals surface area contributed by atoms with Crippen molar-refractivity contribution < 1.29 is 14.5 Å². The van der Waals surface area contributed by atoms with E-state index < -0.39 is 10.9 Å². The summed E-state index contributed by atoms with van der Waals surface area (Å²) in [5.41, 5.74) is 2.44. The molecule has 0 unspecified atom stereocenters. The number of carbonyl (C=O) groups excluding carboxylic acids is 1. The molecule has 148 valence electrons. The summed E-state index contributed by atoms with van der Waals surface area (Å²) >= 11 is 0. The topological polar surface area (TPSA) is 107 Å². The summed E-state index contributed by atoms with van der Waals surface area (Å²) in [4.78, 5) is 31.5. The van der Waals surface area contributed by atoms with Crippen LogP contribution in [-0.2, 0) is 4.74 Å². The molecule has 4 aromatic rings. The van der Waals surface area contributed by atoms with E-state index in [4.69, 9.17) is 4.74 Å². The molecule has 0 atom stereocenters. The number of nitro groups is 1. The molecule has 0 bridgehead atoms. The Balaban J connectivity index is 1.77. The lowest BCUT2D eigenvalue weighted by atomic mass is 10.1. The molecule has 0 fully saturated rings. The Morgan fingerprint density at radius 3 is 2.50 bits per heavy atom. The van der Waals surface area contributed by atoms with Crippen LogP contribution in [0.5, 0.6) is 0 Å². The van der Waals surface area contributed by atoms with Crippen molar-refractivity contribution in [1.82, 2.24) is 9.97 Å². The molecular weight excluding hydrogens is 384 g/mol. The van der Waals surface area contributed by atoms with Gasteiger partial charge in [-0.15, -0.1) is 0 Å². The van der Waals surface area contributed by atoms with Gasteiger partial charge in [0.05, 0.1) is 23.1 Å². The van der Waals surface area contributed by atoms with Gasteiger partial charge in [-0.3, -0.25) is 10.1 Å². The summed E-state index contributed by atoms with van der Waals surface area (Å²) in [5.74, 6) is 0.545. The quantitative estimate of drug-likeness (QED) is 0.293. The molecule has 0 saturated heterocycles. The molecule has 0 aliphatic rings. The second-order valence-electron chi connectivity index (χ2n) is 6.41. The lowest BCUT2D eigenvalue weighted by Gasteiger charge is -2.12. The van der Waals surface area contributed by atoms with Gasteiger partial charge in [0.15, 0.2) is 5.82 Å². The minimum absolute atomic E-state index is 0.00230. The summed E-state index contributed by atoms with van der Waals surface area (Å²) in [6, 6.07) is 20.5. The van der Waals surface area contributed by atoms with Gasteiger partial charge in [0.1, 0.15) is 5.82 Å². The van der Waals surface area contributed by atoms with Crippen LogP contribution < -0.4 is 5.32 Å². The number of hydrogen-bond donors (Lipinski definition) is 1. The number of non-ortho nitro benzene ring substituents is 1. The first-order chi connectivity index (χ1) is 14.5. The third-order valence-corrected chi connectivity index (χ3v) is 4.49. The van der Waals surface area contributed by atoms with E-state index in [9.17, 15) is 14.9 Å². The fourth-order valence-corrected chi connectivity index (χ4v) is 3.01. The molecule has 30 heavy (non-hydrogen) atoms. The Morgan fingerprint density at radius 1 is 1.00 bits per heavy atom. The number of nitrogens with zero attached hydrogens (tertiary/aromatic N) is 3. The first kappa shape index (κ1) is 19.0. The normalized spacial score (nSPS) is 10.6. The van der Waals surface area contributed by atoms with Crippen LogP contribution in [0.4, 0.5) is 17.2 Å². The van der Waals surface area contributed by atoms with Gasteiger partial charge in [-0.05, 0) is 42.5 Å². The van der Waals surface area contributed by atoms with Crippen LogP contribution in [0.25, 0.3) is 22.3 Å². The maximum Gasteiger partial charge on any atom is 0.337 e. The first-order valence-corrected chi connectivity index (χ1v) is 9.02. The van der Waals surface area contributed by atoms with Crippen LogP contribution in [0.3, 0.4) is 0 Å². The first-order valence-electron chi connectivity index (χ1n) is 9.02. The van der Waals surface area contributed by atoms with Crippen LogP contribution in [-0.4, -0.2) is 28.0 Å². The number of benzene rings is 3. The lowest BCUT2D eigenvalue weighted by Crippen LogP contribution is -2.03. The van der Waals surface area contributed by atoms with Crippen molar-refractivity contribution in [2.45, 2.75) is 0 Å². The Hall–Kier alpha value is -4.33. The van der Waals surface area contributed by atoms with Crippen molar-refractivity contribution in [2.24, 2.45) is 0 Å². The third kappa shape index (κ3) is 3.79. The number of rotatable bonds is 5. The van der Waals surface area contributed by atoms with Gasteiger partial charge in [0, 0.05) is 28.8 Å². The molecule has 4 rings (SSSR count). The summed E-state index contributed by atoms with van der Waals surface area (Å²) in [5, 5.41) is 14.9. The number of esters is 1. The van der Waals surface area contributed by atoms with E-state index in [0.717, 1.165) is 5.39 Å². The number of fused-ring (bicyclic) bond motifs is 1. The molecule has 0 aliphatic carbocycles. The van der Waals surface area contributed by atoms with Crippen molar-refractivity contribution in [3.8, 4) is 11.4 Å². The lowest BCUT2D eigenvalue weighted by molar-refractivity contribution is -0.384. The van der Waals surface area contributed by atoms with Crippen LogP contribution in [0.1, 0.15) is 10.4 Å². The zero-order chi connectivity index (χ0) is 21.1. The summed E-state index contributed by atoms with van der Waals surface area (Å²) in [6.45, 7) is 0.